The van der Waals surface area contributed by atoms with Gasteiger partial charge in [0, 0.05) is 40.8 Å². The van der Waals surface area contributed by atoms with Gasteiger partial charge in [-0.05, 0) is 24.3 Å². The lowest BCUT2D eigenvalue weighted by atomic mass is 10.1. The third kappa shape index (κ3) is 6.42. The molecule has 2 aromatic carbocycles. The van der Waals surface area contributed by atoms with Gasteiger partial charge < -0.3 is 14.2 Å². The first-order chi connectivity index (χ1) is 16.1. The number of carbonyl (C=O) groups excluding carboxylic acids is 1. The van der Waals surface area contributed by atoms with Gasteiger partial charge in [0.2, 0.25) is 0 Å². The first kappa shape index (κ1) is 23.4. The molecule has 1 fully saturated rings. The van der Waals surface area contributed by atoms with Crippen molar-refractivity contribution in [2.75, 3.05) is 39.5 Å². The highest BCUT2D eigenvalue weighted by atomic mass is 35.5. The van der Waals surface area contributed by atoms with Gasteiger partial charge in [0.25, 0.3) is 0 Å². The van der Waals surface area contributed by atoms with E-state index in [9.17, 15) is 4.79 Å². The molecule has 0 spiro atoms. The molecule has 0 atom stereocenters. The van der Waals surface area contributed by atoms with E-state index in [1.807, 2.05) is 24.3 Å². The molecular formula is C24H23Cl2N3O4. The maximum Gasteiger partial charge on any atom is 0.358 e. The molecule has 172 valence electrons. The minimum atomic E-state index is -0.613. The monoisotopic (exact) mass is 487 g/mol. The Morgan fingerprint density at radius 2 is 1.82 bits per heavy atom. The first-order valence-electron chi connectivity index (χ1n) is 10.6. The molecule has 4 rings (SSSR count). The summed E-state index contributed by atoms with van der Waals surface area (Å²) in [5, 5.41) is 0.862. The van der Waals surface area contributed by atoms with Gasteiger partial charge in [-0.2, -0.15) is 0 Å². The lowest BCUT2D eigenvalue weighted by Crippen LogP contribution is -2.38. The van der Waals surface area contributed by atoms with Crippen LogP contribution in [0.25, 0.3) is 11.3 Å². The Morgan fingerprint density at radius 1 is 1.06 bits per heavy atom. The minimum absolute atomic E-state index is 0.0598. The number of hydrogen-bond acceptors (Lipinski definition) is 7. The number of carbonyl (C=O) groups is 1. The molecule has 0 bridgehead atoms. The number of nitrogens with zero attached hydrogens (tertiary/aromatic N) is 3. The summed E-state index contributed by atoms with van der Waals surface area (Å²) in [6, 6.07) is 12.6. The SMILES string of the molecule is O=C(OCc1c(Cl)cccc1Cl)c1cncc(-c2cccc(OCCN3CCOCC3)c2)n1. The third-order valence-corrected chi connectivity index (χ3v) is 5.87. The fraction of sp³-hybridized carbons (Fsp3) is 0.292. The second-order valence-electron chi connectivity index (χ2n) is 7.40. The van der Waals surface area contributed by atoms with Crippen LogP contribution >= 0.6 is 23.2 Å². The maximum absolute atomic E-state index is 12.5. The van der Waals surface area contributed by atoms with Crippen LogP contribution in [0.4, 0.5) is 0 Å². The van der Waals surface area contributed by atoms with Gasteiger partial charge in [-0.3, -0.25) is 9.88 Å². The van der Waals surface area contributed by atoms with Crippen LogP contribution in [-0.2, 0) is 16.1 Å². The molecule has 0 radical (unpaired) electrons. The molecule has 0 unspecified atom stereocenters. The van der Waals surface area contributed by atoms with E-state index in [4.69, 9.17) is 37.4 Å². The van der Waals surface area contributed by atoms with Gasteiger partial charge in [0.1, 0.15) is 19.0 Å². The molecule has 1 aliphatic heterocycles. The van der Waals surface area contributed by atoms with E-state index in [1.54, 1.807) is 24.4 Å². The highest BCUT2D eigenvalue weighted by Crippen LogP contribution is 2.26. The highest BCUT2D eigenvalue weighted by Gasteiger charge is 2.15. The Bertz CT molecular complexity index is 1090. The second-order valence-corrected chi connectivity index (χ2v) is 8.21. The van der Waals surface area contributed by atoms with Gasteiger partial charge >= 0.3 is 5.97 Å². The van der Waals surface area contributed by atoms with Crippen molar-refractivity contribution in [3.63, 3.8) is 0 Å². The van der Waals surface area contributed by atoms with Crippen molar-refractivity contribution in [3.8, 4) is 17.0 Å². The number of ether oxygens (including phenoxy) is 3. The van der Waals surface area contributed by atoms with Crippen molar-refractivity contribution >= 4 is 29.2 Å². The van der Waals surface area contributed by atoms with Crippen molar-refractivity contribution in [1.29, 1.82) is 0 Å². The van der Waals surface area contributed by atoms with Crippen molar-refractivity contribution < 1.29 is 19.0 Å². The maximum atomic E-state index is 12.5. The molecular weight excluding hydrogens is 465 g/mol. The first-order valence-corrected chi connectivity index (χ1v) is 11.3. The second kappa shape index (κ2) is 11.4. The molecule has 0 amide bonds. The molecule has 0 saturated carbocycles. The van der Waals surface area contributed by atoms with E-state index in [1.165, 1.54) is 6.20 Å². The smallest absolute Gasteiger partial charge is 0.358 e. The van der Waals surface area contributed by atoms with Gasteiger partial charge in [0.15, 0.2) is 5.69 Å². The van der Waals surface area contributed by atoms with E-state index < -0.39 is 5.97 Å². The van der Waals surface area contributed by atoms with Crippen LogP contribution in [0.5, 0.6) is 5.75 Å². The van der Waals surface area contributed by atoms with Crippen LogP contribution in [0, 0.1) is 0 Å². The Hall–Kier alpha value is -2.71. The fourth-order valence-electron chi connectivity index (χ4n) is 3.35. The van der Waals surface area contributed by atoms with Crippen LogP contribution in [-0.4, -0.2) is 60.3 Å². The molecule has 3 aromatic rings. The van der Waals surface area contributed by atoms with Crippen LogP contribution in [0.2, 0.25) is 10.0 Å². The van der Waals surface area contributed by atoms with Gasteiger partial charge in [-0.1, -0.05) is 41.4 Å². The molecule has 0 aliphatic carbocycles. The predicted molar refractivity (Wildman–Crippen MR) is 126 cm³/mol. The van der Waals surface area contributed by atoms with Gasteiger partial charge in [0.05, 0.1) is 31.3 Å². The number of aromatic nitrogens is 2. The normalized spacial score (nSPS) is 14.1. The van der Waals surface area contributed by atoms with E-state index in [2.05, 4.69) is 14.9 Å². The molecule has 33 heavy (non-hydrogen) atoms. The highest BCUT2D eigenvalue weighted by molar-refractivity contribution is 6.35. The Balaban J connectivity index is 1.38. The van der Waals surface area contributed by atoms with E-state index in [-0.39, 0.29) is 12.3 Å². The lowest BCUT2D eigenvalue weighted by Gasteiger charge is -2.26. The average molecular weight is 488 g/mol. The molecule has 1 aliphatic rings. The predicted octanol–water partition coefficient (Wildman–Crippen LogP) is 4.52. The molecule has 0 N–H and O–H groups in total. The Morgan fingerprint density at radius 3 is 2.61 bits per heavy atom. The number of rotatable bonds is 8. The number of halogens is 2. The zero-order valence-corrected chi connectivity index (χ0v) is 19.4. The summed E-state index contributed by atoms with van der Waals surface area (Å²) in [6.45, 7) is 4.72. The van der Waals surface area contributed by atoms with Crippen LogP contribution in [0.3, 0.4) is 0 Å². The quantitative estimate of drug-likeness (QED) is 0.432. The zero-order chi connectivity index (χ0) is 23.0. The van der Waals surface area contributed by atoms with Crippen LogP contribution in [0.1, 0.15) is 16.1 Å². The largest absolute Gasteiger partial charge is 0.492 e. The Labute approximate surface area is 202 Å². The Kier molecular flexibility index (Phi) is 8.12. The summed E-state index contributed by atoms with van der Waals surface area (Å²) in [5.41, 5.74) is 1.96. The summed E-state index contributed by atoms with van der Waals surface area (Å²) in [6.07, 6.45) is 2.96. The van der Waals surface area contributed by atoms with Crippen LogP contribution in [0.15, 0.2) is 54.9 Å². The van der Waals surface area contributed by atoms with E-state index in [0.717, 1.165) is 44.2 Å². The zero-order valence-electron chi connectivity index (χ0n) is 17.9. The number of esters is 1. The van der Waals surface area contributed by atoms with Gasteiger partial charge in [-0.25, -0.2) is 9.78 Å². The van der Waals surface area contributed by atoms with E-state index >= 15 is 0 Å². The fourth-order valence-corrected chi connectivity index (χ4v) is 3.85. The number of benzene rings is 2. The van der Waals surface area contributed by atoms with Crippen molar-refractivity contribution in [3.05, 3.63) is 76.2 Å². The average Bonchev–Trinajstić information content (AvgIpc) is 2.84. The lowest BCUT2D eigenvalue weighted by molar-refractivity contribution is 0.0322. The third-order valence-electron chi connectivity index (χ3n) is 5.16. The topological polar surface area (TPSA) is 73.8 Å². The molecule has 1 aromatic heterocycles. The van der Waals surface area contributed by atoms with Crippen molar-refractivity contribution in [2.45, 2.75) is 6.61 Å². The molecule has 2 heterocycles. The van der Waals surface area contributed by atoms with Crippen LogP contribution < -0.4 is 4.74 Å². The summed E-state index contributed by atoms with van der Waals surface area (Å²) >= 11 is 12.3. The van der Waals surface area contributed by atoms with E-state index in [0.29, 0.717) is 27.9 Å². The van der Waals surface area contributed by atoms with Gasteiger partial charge in [-0.15, -0.1) is 0 Å². The summed E-state index contributed by atoms with van der Waals surface area (Å²) < 4.78 is 16.6. The van der Waals surface area contributed by atoms with Crippen molar-refractivity contribution in [1.82, 2.24) is 14.9 Å². The van der Waals surface area contributed by atoms with Crippen molar-refractivity contribution in [2.24, 2.45) is 0 Å². The summed E-state index contributed by atoms with van der Waals surface area (Å²) in [5.74, 6) is 0.113. The molecule has 7 nitrogen and oxygen atoms in total. The molecule has 1 saturated heterocycles. The summed E-state index contributed by atoms with van der Waals surface area (Å²) in [7, 11) is 0. The molecule has 9 heteroatoms. The number of morpholine rings is 1. The summed E-state index contributed by atoms with van der Waals surface area (Å²) in [4.78, 5) is 23.4. The minimum Gasteiger partial charge on any atom is -0.492 e. The standard InChI is InChI=1S/C24H23Cl2N3O4/c25-20-5-2-6-21(26)19(20)16-33-24(30)23-15-27-14-22(28-23)17-3-1-4-18(13-17)32-12-9-29-7-10-31-11-8-29/h1-6,13-15H,7-12,16H2. The number of hydrogen-bond donors (Lipinski definition) is 0.